The normalized spacial score (nSPS) is 13.3. The van der Waals surface area contributed by atoms with Gasteiger partial charge in [0.05, 0.1) is 5.75 Å². The molecule has 7 heteroatoms. The first kappa shape index (κ1) is 16.8. The third-order valence-electron chi connectivity index (χ3n) is 2.13. The minimum absolute atomic E-state index is 0.0314. The van der Waals surface area contributed by atoms with E-state index in [1.807, 2.05) is 19.1 Å². The third-order valence-corrected chi connectivity index (χ3v) is 6.18. The van der Waals surface area contributed by atoms with Crippen molar-refractivity contribution in [2.24, 2.45) is 0 Å². The van der Waals surface area contributed by atoms with Gasteiger partial charge in [-0.3, -0.25) is 0 Å². The van der Waals surface area contributed by atoms with Crippen molar-refractivity contribution in [3.63, 3.8) is 0 Å². The molecule has 0 spiro atoms. The molecule has 19 heavy (non-hydrogen) atoms. The van der Waals surface area contributed by atoms with Gasteiger partial charge in [-0.15, -0.1) is 10.6 Å². The van der Waals surface area contributed by atoms with Crippen LogP contribution in [0, 0.1) is 0 Å². The molecule has 0 amide bonds. The molecule has 1 aromatic carbocycles. The Hall–Kier alpha value is -0.240. The fraction of sp³-hybridized carbons (Fsp3) is 0.500. The monoisotopic (exact) mass is 370 g/mol. The summed E-state index contributed by atoms with van der Waals surface area (Å²) in [6.45, 7) is 1.94. The molecular weight excluding hydrogens is 352 g/mol. The van der Waals surface area contributed by atoms with Crippen molar-refractivity contribution in [3.05, 3.63) is 28.7 Å². The number of benzene rings is 1. The van der Waals surface area contributed by atoms with E-state index in [1.165, 1.54) is 0 Å². The minimum Gasteiger partial charge on any atom is -0.391 e. The van der Waals surface area contributed by atoms with Crippen molar-refractivity contribution >= 4 is 36.6 Å². The lowest BCUT2D eigenvalue weighted by atomic mass is 10.3. The van der Waals surface area contributed by atoms with Crippen LogP contribution in [-0.4, -0.2) is 26.7 Å². The quantitative estimate of drug-likeness (QED) is 0.730. The summed E-state index contributed by atoms with van der Waals surface area (Å²) in [4.78, 5) is 0. The van der Waals surface area contributed by atoms with Gasteiger partial charge in [-0.25, -0.2) is 0 Å². The van der Waals surface area contributed by atoms with Gasteiger partial charge in [0.25, 0.3) is 10.1 Å². The van der Waals surface area contributed by atoms with Crippen molar-refractivity contribution in [1.29, 1.82) is 0 Å². The van der Waals surface area contributed by atoms with Crippen LogP contribution in [0.15, 0.2) is 28.7 Å². The summed E-state index contributed by atoms with van der Waals surface area (Å²) in [6.07, 6.45) is 4.74. The van der Waals surface area contributed by atoms with Crippen molar-refractivity contribution in [2.75, 3.05) is 18.3 Å². The number of halogens is 1. The van der Waals surface area contributed by atoms with Crippen LogP contribution in [0.4, 0.5) is 0 Å². The molecule has 1 aromatic rings. The Labute approximate surface area is 125 Å². The summed E-state index contributed by atoms with van der Waals surface area (Å²) in [7, 11) is -5.67. The van der Waals surface area contributed by atoms with Gasteiger partial charge in [0.1, 0.15) is 0 Å². The molecule has 0 aliphatic rings. The predicted molar refractivity (Wildman–Crippen MR) is 84.0 cm³/mol. The van der Waals surface area contributed by atoms with Crippen LogP contribution in [-0.2, 0) is 13.7 Å². The molecule has 0 heterocycles. The van der Waals surface area contributed by atoms with Gasteiger partial charge in [-0.05, 0) is 30.7 Å². The molecule has 0 aliphatic carbocycles. The molecular formula is C12H19BrO4S2. The van der Waals surface area contributed by atoms with Crippen LogP contribution in [0.25, 0.3) is 0 Å². The first-order chi connectivity index (χ1) is 8.74. The highest BCUT2D eigenvalue weighted by atomic mass is 79.9. The lowest BCUT2D eigenvalue weighted by molar-refractivity contribution is 0.471. The summed E-state index contributed by atoms with van der Waals surface area (Å²) in [6, 6.07) is 7.19. The maximum Gasteiger partial charge on any atom is 0.286 e. The fourth-order valence-corrected chi connectivity index (χ4v) is 5.20. The summed E-state index contributed by atoms with van der Waals surface area (Å²) >= 11 is 3.33. The van der Waals surface area contributed by atoms with Crippen LogP contribution < -0.4 is 4.18 Å². The van der Waals surface area contributed by atoms with E-state index < -0.39 is 20.7 Å². The zero-order valence-electron chi connectivity index (χ0n) is 11.3. The van der Waals surface area contributed by atoms with E-state index in [0.29, 0.717) is 12.2 Å². The van der Waals surface area contributed by atoms with E-state index in [2.05, 4.69) is 15.9 Å². The standard InChI is InChI=1S/C12H19BrO4S2/c1-4-5-10-19(14,15)17-18(2,3)16-12-8-6-11(13)7-9-12/h6-9H,4-5,10H2,1-3H3. The molecule has 0 fully saturated rings. The van der Waals surface area contributed by atoms with E-state index in [-0.39, 0.29) is 5.75 Å². The predicted octanol–water partition coefficient (Wildman–Crippen LogP) is 3.87. The smallest absolute Gasteiger partial charge is 0.286 e. The van der Waals surface area contributed by atoms with Gasteiger partial charge >= 0.3 is 0 Å². The molecule has 0 saturated heterocycles. The minimum atomic E-state index is -3.53. The van der Waals surface area contributed by atoms with Gasteiger partial charge in [-0.2, -0.15) is 12.0 Å². The van der Waals surface area contributed by atoms with E-state index >= 15 is 0 Å². The van der Waals surface area contributed by atoms with Gasteiger partial charge < -0.3 is 4.18 Å². The molecule has 1 rings (SSSR count). The van der Waals surface area contributed by atoms with Crippen LogP contribution in [0.2, 0.25) is 0 Å². The molecule has 0 bridgehead atoms. The van der Waals surface area contributed by atoms with Gasteiger partial charge in [0, 0.05) is 17.0 Å². The zero-order valence-corrected chi connectivity index (χ0v) is 14.5. The number of rotatable bonds is 7. The average molecular weight is 371 g/mol. The third kappa shape index (κ3) is 6.65. The lowest BCUT2D eigenvalue weighted by Gasteiger charge is -2.34. The molecule has 0 radical (unpaired) electrons. The maximum absolute atomic E-state index is 11.8. The number of hydrogen-bond acceptors (Lipinski definition) is 4. The van der Waals surface area contributed by atoms with Crippen molar-refractivity contribution < 1.29 is 16.2 Å². The molecule has 110 valence electrons. The van der Waals surface area contributed by atoms with Gasteiger partial charge in [0.2, 0.25) is 0 Å². The molecule has 0 saturated carbocycles. The van der Waals surface area contributed by atoms with Crippen LogP contribution >= 0.6 is 26.5 Å². The first-order valence-corrected chi connectivity index (χ1v) is 10.5. The Morgan fingerprint density at radius 3 is 2.26 bits per heavy atom. The molecule has 0 atom stereocenters. The highest BCUT2D eigenvalue weighted by Crippen LogP contribution is 2.45. The second-order valence-corrected chi connectivity index (χ2v) is 9.80. The maximum atomic E-state index is 11.8. The molecule has 4 nitrogen and oxygen atoms in total. The van der Waals surface area contributed by atoms with Crippen molar-refractivity contribution in [1.82, 2.24) is 0 Å². The number of hydrogen-bond donors (Lipinski definition) is 0. The molecule has 0 unspecified atom stereocenters. The van der Waals surface area contributed by atoms with E-state index in [0.717, 1.165) is 10.9 Å². The Morgan fingerprint density at radius 2 is 1.74 bits per heavy atom. The van der Waals surface area contributed by atoms with Gasteiger partial charge in [0.15, 0.2) is 5.75 Å². The second kappa shape index (κ2) is 6.97. The molecule has 0 aromatic heterocycles. The largest absolute Gasteiger partial charge is 0.391 e. The number of unbranched alkanes of at least 4 members (excludes halogenated alkanes) is 1. The van der Waals surface area contributed by atoms with Crippen molar-refractivity contribution in [2.45, 2.75) is 19.8 Å². The van der Waals surface area contributed by atoms with E-state index in [9.17, 15) is 8.42 Å². The zero-order chi connectivity index (χ0) is 14.5. The Balaban J connectivity index is 2.68. The van der Waals surface area contributed by atoms with Crippen LogP contribution in [0.3, 0.4) is 0 Å². The summed E-state index contributed by atoms with van der Waals surface area (Å²) in [5, 5.41) is 0. The Morgan fingerprint density at radius 1 is 1.16 bits per heavy atom. The lowest BCUT2D eigenvalue weighted by Crippen LogP contribution is -2.17. The average Bonchev–Trinajstić information content (AvgIpc) is 2.28. The fourth-order valence-electron chi connectivity index (χ4n) is 1.34. The SMILES string of the molecule is CCCCS(=O)(=O)OS(C)(C)Oc1ccc(Br)cc1. The van der Waals surface area contributed by atoms with Crippen LogP contribution in [0.5, 0.6) is 5.75 Å². The summed E-state index contributed by atoms with van der Waals surface area (Å²) < 4.78 is 35.3. The summed E-state index contributed by atoms with van der Waals surface area (Å²) in [5.41, 5.74) is 0. The van der Waals surface area contributed by atoms with Crippen molar-refractivity contribution in [3.8, 4) is 5.75 Å². The highest BCUT2D eigenvalue weighted by molar-refractivity contribution is 9.10. The topological polar surface area (TPSA) is 52.6 Å². The highest BCUT2D eigenvalue weighted by Gasteiger charge is 2.21. The first-order valence-electron chi connectivity index (χ1n) is 5.86. The Bertz CT molecular complexity index is 497. The Kier molecular flexibility index (Phi) is 6.16. The summed E-state index contributed by atoms with van der Waals surface area (Å²) in [5.74, 6) is 0.623. The second-order valence-electron chi connectivity index (χ2n) is 4.36. The van der Waals surface area contributed by atoms with Gasteiger partial charge in [-0.1, -0.05) is 29.3 Å². The van der Waals surface area contributed by atoms with Crippen LogP contribution in [0.1, 0.15) is 19.8 Å². The molecule has 0 aliphatic heterocycles. The molecule has 0 N–H and O–H groups in total. The van der Waals surface area contributed by atoms with E-state index in [4.69, 9.17) is 7.81 Å². The van der Waals surface area contributed by atoms with E-state index in [1.54, 1.807) is 24.6 Å².